The van der Waals surface area contributed by atoms with Crippen LogP contribution < -0.4 is 11.1 Å². The lowest BCUT2D eigenvalue weighted by Crippen LogP contribution is -2.43. The molecule has 5 heteroatoms. The molecule has 0 radical (unpaired) electrons. The number of carbonyl (C=O) groups excluding carboxylic acids is 1. The van der Waals surface area contributed by atoms with Crippen molar-refractivity contribution in [2.24, 2.45) is 11.7 Å². The van der Waals surface area contributed by atoms with Gasteiger partial charge in [0.15, 0.2) is 0 Å². The minimum atomic E-state index is -0.407. The lowest BCUT2D eigenvalue weighted by Gasteiger charge is -2.14. The Hall–Kier alpha value is -0.580. The molecule has 0 aromatic carbocycles. The number of hydrogen-bond acceptors (Lipinski definition) is 3. The highest BCUT2D eigenvalue weighted by Gasteiger charge is 2.16. The van der Waals surface area contributed by atoms with E-state index < -0.39 is 6.04 Å². The van der Waals surface area contributed by atoms with Gasteiger partial charge in [0, 0.05) is 4.88 Å². The highest BCUT2D eigenvalue weighted by atomic mass is 35.5. The summed E-state index contributed by atoms with van der Waals surface area (Å²) in [6.45, 7) is 4.46. The van der Waals surface area contributed by atoms with Crippen LogP contribution in [0, 0.1) is 5.92 Å². The Balaban J connectivity index is 0.00000196. The van der Waals surface area contributed by atoms with Crippen molar-refractivity contribution < 1.29 is 4.79 Å². The Morgan fingerprint density at radius 3 is 2.73 bits per heavy atom. The molecular formula is C10H17ClN2OS. The van der Waals surface area contributed by atoms with Crippen LogP contribution in [0.15, 0.2) is 17.5 Å². The van der Waals surface area contributed by atoms with E-state index in [2.05, 4.69) is 5.32 Å². The number of carbonyl (C=O) groups is 1. The lowest BCUT2D eigenvalue weighted by atomic mass is 10.1. The average Bonchev–Trinajstić information content (AvgIpc) is 2.65. The van der Waals surface area contributed by atoms with Crippen LogP contribution in [0.3, 0.4) is 0 Å². The Bertz CT molecular complexity index is 288. The molecule has 1 heterocycles. The fraction of sp³-hybridized carbons (Fsp3) is 0.500. The molecule has 3 nitrogen and oxygen atoms in total. The molecule has 0 saturated carbocycles. The van der Waals surface area contributed by atoms with Gasteiger partial charge in [0.25, 0.3) is 0 Å². The summed E-state index contributed by atoms with van der Waals surface area (Å²) in [5.74, 6) is 0.103. The minimum Gasteiger partial charge on any atom is -0.350 e. The SMILES string of the molecule is CC(C)[C@@H](N)C(=O)NCc1cccs1.Cl. The number of halogens is 1. The smallest absolute Gasteiger partial charge is 0.237 e. The summed E-state index contributed by atoms with van der Waals surface area (Å²) < 4.78 is 0. The van der Waals surface area contributed by atoms with E-state index in [1.807, 2.05) is 31.4 Å². The van der Waals surface area contributed by atoms with Crippen molar-refractivity contribution in [2.75, 3.05) is 0 Å². The number of hydrogen-bond donors (Lipinski definition) is 2. The van der Waals surface area contributed by atoms with Gasteiger partial charge in [-0.3, -0.25) is 4.79 Å². The van der Waals surface area contributed by atoms with Crippen LogP contribution in [0.25, 0.3) is 0 Å². The highest BCUT2D eigenvalue weighted by Crippen LogP contribution is 2.07. The zero-order valence-corrected chi connectivity index (χ0v) is 10.5. The summed E-state index contributed by atoms with van der Waals surface area (Å²) in [6.07, 6.45) is 0. The van der Waals surface area contributed by atoms with E-state index in [4.69, 9.17) is 5.73 Å². The van der Waals surface area contributed by atoms with Crippen molar-refractivity contribution in [1.29, 1.82) is 0 Å². The van der Waals surface area contributed by atoms with Crippen molar-refractivity contribution in [1.82, 2.24) is 5.32 Å². The van der Waals surface area contributed by atoms with Gasteiger partial charge in [0.2, 0.25) is 5.91 Å². The van der Waals surface area contributed by atoms with E-state index in [0.717, 1.165) is 4.88 Å². The highest BCUT2D eigenvalue weighted by molar-refractivity contribution is 7.09. The molecule has 0 aliphatic heterocycles. The quantitative estimate of drug-likeness (QED) is 0.853. The number of nitrogens with one attached hydrogen (secondary N) is 1. The maximum Gasteiger partial charge on any atom is 0.237 e. The summed E-state index contributed by atoms with van der Waals surface area (Å²) in [4.78, 5) is 12.6. The fourth-order valence-electron chi connectivity index (χ4n) is 1.01. The predicted octanol–water partition coefficient (Wildman–Crippen LogP) is 1.77. The summed E-state index contributed by atoms with van der Waals surface area (Å²) >= 11 is 1.63. The second-order valence-electron chi connectivity index (χ2n) is 3.57. The topological polar surface area (TPSA) is 55.1 Å². The van der Waals surface area contributed by atoms with E-state index in [1.54, 1.807) is 11.3 Å². The Morgan fingerprint density at radius 1 is 1.60 bits per heavy atom. The molecule has 0 spiro atoms. The standard InChI is InChI=1S/C10H16N2OS.ClH/c1-7(2)9(11)10(13)12-6-8-4-3-5-14-8;/h3-5,7,9H,6,11H2,1-2H3,(H,12,13);1H/t9-;/m1./s1. The molecule has 1 aromatic rings. The molecule has 1 rings (SSSR count). The van der Waals surface area contributed by atoms with Crippen molar-refractivity contribution in [3.63, 3.8) is 0 Å². The molecule has 15 heavy (non-hydrogen) atoms. The second-order valence-corrected chi connectivity index (χ2v) is 4.60. The van der Waals surface area contributed by atoms with Gasteiger partial charge in [0.05, 0.1) is 12.6 Å². The molecular weight excluding hydrogens is 232 g/mol. The van der Waals surface area contributed by atoms with Gasteiger partial charge in [-0.2, -0.15) is 0 Å². The zero-order valence-electron chi connectivity index (χ0n) is 8.90. The molecule has 0 bridgehead atoms. The molecule has 1 atom stereocenters. The van der Waals surface area contributed by atoms with Crippen LogP contribution in [0.5, 0.6) is 0 Å². The van der Waals surface area contributed by atoms with Gasteiger partial charge in [-0.15, -0.1) is 23.7 Å². The zero-order chi connectivity index (χ0) is 10.6. The molecule has 86 valence electrons. The van der Waals surface area contributed by atoms with E-state index in [0.29, 0.717) is 6.54 Å². The molecule has 0 aliphatic rings. The fourth-order valence-corrected chi connectivity index (χ4v) is 1.65. The first-order valence-corrected chi connectivity index (χ1v) is 5.55. The summed E-state index contributed by atoms with van der Waals surface area (Å²) in [5.41, 5.74) is 5.69. The van der Waals surface area contributed by atoms with E-state index in [1.165, 1.54) is 0 Å². The third kappa shape index (κ3) is 4.64. The van der Waals surface area contributed by atoms with E-state index in [9.17, 15) is 4.79 Å². The van der Waals surface area contributed by atoms with Crippen LogP contribution in [0.1, 0.15) is 18.7 Å². The molecule has 0 aliphatic carbocycles. The summed E-state index contributed by atoms with van der Waals surface area (Å²) in [7, 11) is 0. The second kappa shape index (κ2) is 6.82. The number of amides is 1. The molecule has 0 saturated heterocycles. The van der Waals surface area contributed by atoms with Crippen LogP contribution >= 0.6 is 23.7 Å². The monoisotopic (exact) mass is 248 g/mol. The van der Waals surface area contributed by atoms with Crippen molar-refractivity contribution in [3.05, 3.63) is 22.4 Å². The molecule has 0 fully saturated rings. The summed E-state index contributed by atoms with van der Waals surface area (Å²) in [5, 5.41) is 4.80. The van der Waals surface area contributed by atoms with Gasteiger partial charge < -0.3 is 11.1 Å². The Kier molecular flexibility index (Phi) is 6.56. The van der Waals surface area contributed by atoms with E-state index in [-0.39, 0.29) is 24.2 Å². The van der Waals surface area contributed by atoms with Crippen molar-refractivity contribution >= 4 is 29.7 Å². The van der Waals surface area contributed by atoms with Crippen LogP contribution in [-0.4, -0.2) is 11.9 Å². The molecule has 1 amide bonds. The number of rotatable bonds is 4. The largest absolute Gasteiger partial charge is 0.350 e. The Morgan fingerprint density at radius 2 is 2.27 bits per heavy atom. The van der Waals surface area contributed by atoms with Gasteiger partial charge in [-0.1, -0.05) is 19.9 Å². The lowest BCUT2D eigenvalue weighted by molar-refractivity contribution is -0.123. The summed E-state index contributed by atoms with van der Waals surface area (Å²) in [6, 6.07) is 3.55. The normalized spacial score (nSPS) is 12.0. The average molecular weight is 249 g/mol. The first-order chi connectivity index (χ1) is 6.61. The number of nitrogens with two attached hydrogens (primary N) is 1. The van der Waals surface area contributed by atoms with Gasteiger partial charge in [-0.05, 0) is 17.4 Å². The molecule has 1 aromatic heterocycles. The van der Waals surface area contributed by atoms with Gasteiger partial charge >= 0.3 is 0 Å². The first kappa shape index (κ1) is 14.4. The number of thiophene rings is 1. The minimum absolute atomic E-state index is 0. The predicted molar refractivity (Wildman–Crippen MR) is 66.2 cm³/mol. The van der Waals surface area contributed by atoms with Gasteiger partial charge in [0.1, 0.15) is 0 Å². The third-order valence-corrected chi connectivity index (χ3v) is 2.91. The maximum absolute atomic E-state index is 11.4. The Labute approximate surface area is 100 Å². The van der Waals surface area contributed by atoms with Gasteiger partial charge in [-0.25, -0.2) is 0 Å². The van der Waals surface area contributed by atoms with Crippen molar-refractivity contribution in [3.8, 4) is 0 Å². The maximum atomic E-state index is 11.4. The first-order valence-electron chi connectivity index (χ1n) is 4.67. The van der Waals surface area contributed by atoms with E-state index >= 15 is 0 Å². The van der Waals surface area contributed by atoms with Crippen LogP contribution in [0.2, 0.25) is 0 Å². The third-order valence-electron chi connectivity index (χ3n) is 2.04. The molecule has 0 unspecified atom stereocenters. The van der Waals surface area contributed by atoms with Crippen LogP contribution in [-0.2, 0) is 11.3 Å². The molecule has 3 N–H and O–H groups in total. The van der Waals surface area contributed by atoms with Crippen LogP contribution in [0.4, 0.5) is 0 Å². The van der Waals surface area contributed by atoms with Crippen molar-refractivity contribution in [2.45, 2.75) is 26.4 Å².